The van der Waals surface area contributed by atoms with Gasteiger partial charge in [0.05, 0.1) is 17.3 Å². The normalized spacial score (nSPS) is 13.8. The zero-order valence-electron chi connectivity index (χ0n) is 16.3. The van der Waals surface area contributed by atoms with E-state index >= 15 is 0 Å². The number of carbonyl (C=O) groups is 3. The minimum Gasteiger partial charge on any atom is -0.370 e. The summed E-state index contributed by atoms with van der Waals surface area (Å²) in [4.78, 5) is 46.3. The Morgan fingerprint density at radius 2 is 2.03 bits per heavy atom. The van der Waals surface area contributed by atoms with E-state index < -0.39 is 5.91 Å². The maximum absolute atomic E-state index is 12.5. The molecule has 0 saturated carbocycles. The Kier molecular flexibility index (Phi) is 7.69. The molecule has 10 heteroatoms. The molecular formula is C20H22ClN5O4. The number of morpholine rings is 1. The van der Waals surface area contributed by atoms with Crippen molar-refractivity contribution in [3.8, 4) is 0 Å². The van der Waals surface area contributed by atoms with Crippen molar-refractivity contribution < 1.29 is 19.1 Å². The third-order valence-electron chi connectivity index (χ3n) is 4.43. The van der Waals surface area contributed by atoms with Crippen molar-refractivity contribution in [1.29, 1.82) is 0 Å². The van der Waals surface area contributed by atoms with Crippen molar-refractivity contribution in [2.24, 2.45) is 0 Å². The van der Waals surface area contributed by atoms with E-state index in [4.69, 9.17) is 16.3 Å². The lowest BCUT2D eigenvalue weighted by atomic mass is 10.2. The molecule has 30 heavy (non-hydrogen) atoms. The number of hydrogen-bond donors (Lipinski definition) is 2. The predicted molar refractivity (Wildman–Crippen MR) is 111 cm³/mol. The van der Waals surface area contributed by atoms with Crippen LogP contribution < -0.4 is 10.6 Å². The number of hydrogen-bond acceptors (Lipinski definition) is 6. The second kappa shape index (κ2) is 10.7. The van der Waals surface area contributed by atoms with Crippen LogP contribution in [0.1, 0.15) is 29.8 Å². The SMILES string of the molecule is O=C(CCCCN1CCOCC1=O)Nc1cccnc1C(=O)Nc1ccc(Cl)cn1. The highest BCUT2D eigenvalue weighted by Gasteiger charge is 2.18. The largest absolute Gasteiger partial charge is 0.370 e. The van der Waals surface area contributed by atoms with Gasteiger partial charge in [-0.3, -0.25) is 14.4 Å². The third kappa shape index (κ3) is 6.23. The van der Waals surface area contributed by atoms with Gasteiger partial charge < -0.3 is 20.3 Å². The molecule has 1 saturated heterocycles. The Balaban J connectivity index is 1.49. The van der Waals surface area contributed by atoms with Gasteiger partial charge in [0, 0.05) is 31.9 Å². The molecule has 0 aliphatic carbocycles. The van der Waals surface area contributed by atoms with E-state index in [1.54, 1.807) is 29.2 Å². The summed E-state index contributed by atoms with van der Waals surface area (Å²) in [5, 5.41) is 5.81. The number of anilines is 2. The van der Waals surface area contributed by atoms with Crippen molar-refractivity contribution in [2.75, 3.05) is 36.9 Å². The Morgan fingerprint density at radius 3 is 2.80 bits per heavy atom. The van der Waals surface area contributed by atoms with Gasteiger partial charge in [0.25, 0.3) is 5.91 Å². The fourth-order valence-corrected chi connectivity index (χ4v) is 3.01. The van der Waals surface area contributed by atoms with E-state index in [0.717, 1.165) is 0 Å². The van der Waals surface area contributed by atoms with Crippen LogP contribution in [-0.2, 0) is 14.3 Å². The summed E-state index contributed by atoms with van der Waals surface area (Å²) in [7, 11) is 0. The topological polar surface area (TPSA) is 114 Å². The number of rotatable bonds is 8. The maximum Gasteiger partial charge on any atom is 0.277 e. The van der Waals surface area contributed by atoms with E-state index in [9.17, 15) is 14.4 Å². The van der Waals surface area contributed by atoms with Gasteiger partial charge in [-0.2, -0.15) is 0 Å². The Morgan fingerprint density at radius 1 is 1.17 bits per heavy atom. The summed E-state index contributed by atoms with van der Waals surface area (Å²) in [6.07, 6.45) is 4.49. The highest BCUT2D eigenvalue weighted by Crippen LogP contribution is 2.16. The number of halogens is 1. The molecule has 0 radical (unpaired) electrons. The first-order valence-corrected chi connectivity index (χ1v) is 9.94. The highest BCUT2D eigenvalue weighted by atomic mass is 35.5. The lowest BCUT2D eigenvalue weighted by Crippen LogP contribution is -2.42. The van der Waals surface area contributed by atoms with Crippen LogP contribution in [0.5, 0.6) is 0 Å². The first-order chi connectivity index (χ1) is 14.5. The maximum atomic E-state index is 12.5. The van der Waals surface area contributed by atoms with E-state index in [-0.39, 0.29) is 30.5 Å². The zero-order valence-corrected chi connectivity index (χ0v) is 17.0. The molecule has 0 bridgehead atoms. The smallest absolute Gasteiger partial charge is 0.277 e. The van der Waals surface area contributed by atoms with Gasteiger partial charge in [-0.05, 0) is 37.1 Å². The molecule has 3 heterocycles. The standard InChI is InChI=1S/C20H22ClN5O4/c21-14-6-7-16(23-12-14)25-20(29)19-15(4-3-8-22-19)24-17(27)5-1-2-9-26-10-11-30-13-18(26)28/h3-4,6-8,12H,1-2,5,9-11,13H2,(H,24,27)(H,23,25,29). The highest BCUT2D eigenvalue weighted by molar-refractivity contribution is 6.30. The average molecular weight is 432 g/mol. The van der Waals surface area contributed by atoms with Crippen LogP contribution in [0.25, 0.3) is 0 Å². The number of ether oxygens (including phenoxy) is 1. The quantitative estimate of drug-likeness (QED) is 0.620. The number of pyridine rings is 2. The Labute approximate surface area is 178 Å². The van der Waals surface area contributed by atoms with Crippen LogP contribution in [-0.4, -0.2) is 58.9 Å². The molecule has 0 aromatic carbocycles. The van der Waals surface area contributed by atoms with E-state index in [1.807, 2.05) is 0 Å². The summed E-state index contributed by atoms with van der Waals surface area (Å²) in [5.41, 5.74) is 0.402. The van der Waals surface area contributed by atoms with Crippen molar-refractivity contribution in [2.45, 2.75) is 19.3 Å². The molecule has 3 rings (SSSR count). The van der Waals surface area contributed by atoms with Crippen molar-refractivity contribution in [1.82, 2.24) is 14.9 Å². The summed E-state index contributed by atoms with van der Waals surface area (Å²) in [5.74, 6) is -0.418. The monoisotopic (exact) mass is 431 g/mol. The molecule has 158 valence electrons. The third-order valence-corrected chi connectivity index (χ3v) is 4.66. The van der Waals surface area contributed by atoms with E-state index in [1.165, 1.54) is 12.4 Å². The number of nitrogens with zero attached hydrogens (tertiary/aromatic N) is 3. The first-order valence-electron chi connectivity index (χ1n) is 9.56. The molecule has 2 aromatic heterocycles. The van der Waals surface area contributed by atoms with Crippen LogP contribution in [0.2, 0.25) is 5.02 Å². The van der Waals surface area contributed by atoms with Gasteiger partial charge in [-0.1, -0.05) is 11.6 Å². The molecule has 0 spiro atoms. The number of amides is 3. The molecule has 2 aromatic rings. The number of carbonyl (C=O) groups excluding carboxylic acids is 3. The van der Waals surface area contributed by atoms with Gasteiger partial charge in [0.1, 0.15) is 12.4 Å². The number of nitrogens with one attached hydrogen (secondary N) is 2. The molecule has 1 aliphatic rings. The van der Waals surface area contributed by atoms with Gasteiger partial charge in [-0.25, -0.2) is 9.97 Å². The van der Waals surface area contributed by atoms with Crippen LogP contribution in [0, 0.1) is 0 Å². The minimum absolute atomic E-state index is 0.0214. The van der Waals surface area contributed by atoms with E-state index in [0.29, 0.717) is 49.1 Å². The summed E-state index contributed by atoms with van der Waals surface area (Å²) >= 11 is 5.79. The molecule has 3 amide bonds. The van der Waals surface area contributed by atoms with Crippen molar-refractivity contribution in [3.05, 3.63) is 47.4 Å². The number of aromatic nitrogens is 2. The second-order valence-electron chi connectivity index (χ2n) is 6.65. The molecule has 9 nitrogen and oxygen atoms in total. The molecule has 2 N–H and O–H groups in total. The van der Waals surface area contributed by atoms with Crippen LogP contribution in [0.4, 0.5) is 11.5 Å². The Hall–Kier alpha value is -3.04. The molecule has 1 fully saturated rings. The van der Waals surface area contributed by atoms with Crippen molar-refractivity contribution >= 4 is 40.8 Å². The first kappa shape index (κ1) is 21.7. The van der Waals surface area contributed by atoms with Crippen LogP contribution in [0.15, 0.2) is 36.7 Å². The van der Waals surface area contributed by atoms with Crippen molar-refractivity contribution in [3.63, 3.8) is 0 Å². The van der Waals surface area contributed by atoms with Gasteiger partial charge >= 0.3 is 0 Å². The van der Waals surface area contributed by atoms with Gasteiger partial charge in [0.15, 0.2) is 5.69 Å². The molecule has 0 unspecified atom stereocenters. The Bertz CT molecular complexity index is 906. The lowest BCUT2D eigenvalue weighted by Gasteiger charge is -2.26. The average Bonchev–Trinajstić information content (AvgIpc) is 2.74. The summed E-state index contributed by atoms with van der Waals surface area (Å²) < 4.78 is 5.09. The summed E-state index contributed by atoms with van der Waals surface area (Å²) in [6.45, 7) is 1.85. The van der Waals surface area contributed by atoms with Crippen LogP contribution in [0.3, 0.4) is 0 Å². The number of unbranched alkanes of at least 4 members (excludes halogenated alkanes) is 1. The fourth-order valence-electron chi connectivity index (χ4n) is 2.90. The fraction of sp³-hybridized carbons (Fsp3) is 0.350. The van der Waals surface area contributed by atoms with Crippen LogP contribution >= 0.6 is 11.6 Å². The predicted octanol–water partition coefficient (Wildman–Crippen LogP) is 2.35. The molecular weight excluding hydrogens is 410 g/mol. The lowest BCUT2D eigenvalue weighted by molar-refractivity contribution is -0.142. The van der Waals surface area contributed by atoms with E-state index in [2.05, 4.69) is 20.6 Å². The molecule has 0 atom stereocenters. The zero-order chi connectivity index (χ0) is 21.3. The summed E-state index contributed by atoms with van der Waals surface area (Å²) in [6, 6.07) is 6.43. The van der Waals surface area contributed by atoms with Gasteiger partial charge in [-0.15, -0.1) is 0 Å². The van der Waals surface area contributed by atoms with Gasteiger partial charge in [0.2, 0.25) is 11.8 Å². The minimum atomic E-state index is -0.494. The second-order valence-corrected chi connectivity index (χ2v) is 7.09. The molecule has 1 aliphatic heterocycles.